The van der Waals surface area contributed by atoms with Crippen molar-refractivity contribution in [2.24, 2.45) is 0 Å². The summed E-state index contributed by atoms with van der Waals surface area (Å²) >= 11 is 5.89. The molecule has 2 N–H and O–H groups in total. The van der Waals surface area contributed by atoms with Crippen molar-refractivity contribution in [2.45, 2.75) is 51.6 Å². The van der Waals surface area contributed by atoms with Crippen LogP contribution in [-0.2, 0) is 11.3 Å². The monoisotopic (exact) mass is 387 g/mol. The zero-order chi connectivity index (χ0) is 19.3. The minimum absolute atomic E-state index is 0.0491. The molecule has 1 aliphatic rings. The van der Waals surface area contributed by atoms with E-state index in [9.17, 15) is 14.0 Å². The van der Waals surface area contributed by atoms with Crippen LogP contribution in [0.5, 0.6) is 0 Å². The van der Waals surface area contributed by atoms with Gasteiger partial charge in [0.25, 0.3) is 0 Å². The van der Waals surface area contributed by atoms with E-state index in [0.717, 1.165) is 0 Å². The molecule has 1 fully saturated rings. The smallest absolute Gasteiger partial charge is 0.407 e. The van der Waals surface area contributed by atoms with Gasteiger partial charge in [0.15, 0.2) is 5.15 Å². The van der Waals surface area contributed by atoms with Gasteiger partial charge in [-0.1, -0.05) is 11.6 Å². The lowest BCUT2D eigenvalue weighted by atomic mass is 10.0. The largest absolute Gasteiger partial charge is 0.444 e. The highest BCUT2D eigenvalue weighted by Crippen LogP contribution is 2.16. The topological polar surface area (TPSA) is 96.5 Å². The van der Waals surface area contributed by atoms with Gasteiger partial charge < -0.3 is 20.3 Å². The molecule has 1 aromatic rings. The third kappa shape index (κ3) is 6.29. The Bertz CT molecular complexity index is 655. The number of alkyl carbamates (subject to hydrolysis) is 1. The van der Waals surface area contributed by atoms with Gasteiger partial charge in [-0.25, -0.2) is 19.0 Å². The maximum absolute atomic E-state index is 14.0. The number of nitrogens with one attached hydrogen (secondary N) is 2. The Morgan fingerprint density at radius 2 is 2.04 bits per heavy atom. The fraction of sp³-hybridized carbons (Fsp3) is 0.625. The molecule has 0 unspecified atom stereocenters. The number of aromatic nitrogens is 2. The molecule has 10 heteroatoms. The summed E-state index contributed by atoms with van der Waals surface area (Å²) < 4.78 is 19.2. The summed E-state index contributed by atoms with van der Waals surface area (Å²) in [6.45, 7) is 5.42. The van der Waals surface area contributed by atoms with Crippen molar-refractivity contribution in [1.82, 2.24) is 25.5 Å². The first-order valence-electron chi connectivity index (χ1n) is 8.26. The Hall–Kier alpha value is -2.16. The van der Waals surface area contributed by atoms with Gasteiger partial charge in [0.05, 0.1) is 24.8 Å². The van der Waals surface area contributed by atoms with E-state index in [1.54, 1.807) is 20.8 Å². The highest BCUT2D eigenvalue weighted by Gasteiger charge is 2.32. The highest BCUT2D eigenvalue weighted by molar-refractivity contribution is 6.29. The number of nitrogens with zero attached hydrogens (tertiary/aromatic N) is 3. The molecule has 1 saturated heterocycles. The number of hydrogen-bond acceptors (Lipinski definition) is 5. The molecule has 26 heavy (non-hydrogen) atoms. The van der Waals surface area contributed by atoms with Crippen molar-refractivity contribution in [2.75, 3.05) is 13.1 Å². The molecule has 144 valence electrons. The molecule has 0 radical (unpaired) electrons. The number of alkyl halides is 1. The fourth-order valence-electron chi connectivity index (χ4n) is 2.52. The number of urea groups is 1. The number of hydrogen-bond donors (Lipinski definition) is 2. The first-order valence-corrected chi connectivity index (χ1v) is 8.63. The van der Waals surface area contributed by atoms with E-state index in [0.29, 0.717) is 5.69 Å². The van der Waals surface area contributed by atoms with Crippen LogP contribution in [0.4, 0.5) is 14.0 Å². The first-order chi connectivity index (χ1) is 12.1. The van der Waals surface area contributed by atoms with Gasteiger partial charge in [-0.2, -0.15) is 0 Å². The van der Waals surface area contributed by atoms with Gasteiger partial charge in [-0.3, -0.25) is 4.98 Å². The zero-order valence-electron chi connectivity index (χ0n) is 15.0. The van der Waals surface area contributed by atoms with Crippen LogP contribution >= 0.6 is 11.6 Å². The average Bonchev–Trinajstić information content (AvgIpc) is 2.51. The van der Waals surface area contributed by atoms with Crippen LogP contribution in [0.1, 0.15) is 32.9 Å². The minimum atomic E-state index is -1.24. The van der Waals surface area contributed by atoms with Crippen molar-refractivity contribution >= 4 is 23.7 Å². The maximum atomic E-state index is 14.0. The number of carbonyl (C=O) groups is 2. The number of likely N-dealkylation sites (tertiary alicyclic amines) is 1. The molecule has 1 aliphatic heterocycles. The van der Waals surface area contributed by atoms with E-state index in [4.69, 9.17) is 16.3 Å². The van der Waals surface area contributed by atoms with Crippen LogP contribution in [0, 0.1) is 0 Å². The van der Waals surface area contributed by atoms with Gasteiger partial charge in [0.2, 0.25) is 0 Å². The molecule has 0 aromatic carbocycles. The Labute approximate surface area is 156 Å². The summed E-state index contributed by atoms with van der Waals surface area (Å²) in [5, 5.41) is 5.43. The van der Waals surface area contributed by atoms with Crippen molar-refractivity contribution in [3.63, 3.8) is 0 Å². The van der Waals surface area contributed by atoms with Crippen molar-refractivity contribution < 1.29 is 18.7 Å². The molecule has 0 spiro atoms. The second-order valence-corrected chi connectivity index (χ2v) is 7.39. The third-order valence-corrected chi connectivity index (χ3v) is 3.85. The van der Waals surface area contributed by atoms with Gasteiger partial charge in [-0.15, -0.1) is 0 Å². The predicted molar refractivity (Wildman–Crippen MR) is 93.5 cm³/mol. The highest BCUT2D eigenvalue weighted by atomic mass is 35.5. The lowest BCUT2D eigenvalue weighted by molar-refractivity contribution is 0.0449. The number of rotatable bonds is 3. The lowest BCUT2D eigenvalue weighted by Gasteiger charge is -2.35. The van der Waals surface area contributed by atoms with E-state index < -0.39 is 29.9 Å². The van der Waals surface area contributed by atoms with Crippen molar-refractivity contribution in [3.8, 4) is 0 Å². The summed E-state index contributed by atoms with van der Waals surface area (Å²) in [5.41, 5.74) is -0.235. The van der Waals surface area contributed by atoms with Gasteiger partial charge in [-0.05, 0) is 20.8 Å². The van der Waals surface area contributed by atoms with Crippen LogP contribution in [0.25, 0.3) is 0 Å². The Morgan fingerprint density at radius 1 is 1.35 bits per heavy atom. The Balaban J connectivity index is 1.89. The number of piperidine rings is 1. The standard InChI is InChI=1S/C16H23ClFN5O3/c1-16(2,3)26-15(25)22-11-6-10(18)8-23(9-11)14(24)21-7-12-13(17)20-5-4-19-12/h4-5,10-11H,6-9H2,1-3H3,(H,21,24)(H,22,25)/t10-,11-/m1/s1. The quantitative estimate of drug-likeness (QED) is 0.829. The molecule has 8 nitrogen and oxygen atoms in total. The lowest BCUT2D eigenvalue weighted by Crippen LogP contribution is -2.55. The van der Waals surface area contributed by atoms with E-state index in [1.807, 2.05) is 0 Å². The Kier molecular flexibility index (Phi) is 6.57. The molecule has 2 heterocycles. The SMILES string of the molecule is CC(C)(C)OC(=O)N[C@@H]1C[C@@H](F)CN(C(=O)NCc2nccnc2Cl)C1. The molecule has 0 bridgehead atoms. The molecule has 2 rings (SSSR count). The molecule has 0 aliphatic carbocycles. The predicted octanol–water partition coefficient (Wildman–Crippen LogP) is 2.28. The molecular formula is C16H23ClFN5O3. The van der Waals surface area contributed by atoms with Crippen molar-refractivity contribution in [3.05, 3.63) is 23.2 Å². The van der Waals surface area contributed by atoms with E-state index >= 15 is 0 Å². The molecule has 1 aromatic heterocycles. The van der Waals surface area contributed by atoms with E-state index in [-0.39, 0.29) is 31.2 Å². The molecule has 2 atom stereocenters. The summed E-state index contributed by atoms with van der Waals surface area (Å²) in [4.78, 5) is 33.4. The van der Waals surface area contributed by atoms with E-state index in [2.05, 4.69) is 20.6 Å². The maximum Gasteiger partial charge on any atom is 0.407 e. The van der Waals surface area contributed by atoms with Gasteiger partial charge >= 0.3 is 12.1 Å². The van der Waals surface area contributed by atoms with Crippen LogP contribution in [0.3, 0.4) is 0 Å². The molecule has 0 saturated carbocycles. The number of carbonyl (C=O) groups excluding carboxylic acids is 2. The van der Waals surface area contributed by atoms with Crippen LogP contribution in [0.15, 0.2) is 12.4 Å². The molecule has 3 amide bonds. The summed E-state index contributed by atoms with van der Waals surface area (Å²) in [6.07, 6.45) is 1.16. The number of halogens is 2. The summed E-state index contributed by atoms with van der Waals surface area (Å²) in [6, 6.07) is -0.996. The third-order valence-electron chi connectivity index (χ3n) is 3.54. The van der Waals surface area contributed by atoms with Crippen LogP contribution in [-0.4, -0.2) is 57.9 Å². The summed E-state index contributed by atoms with van der Waals surface area (Å²) in [7, 11) is 0. The first kappa shape index (κ1) is 20.2. The number of amides is 3. The van der Waals surface area contributed by atoms with Crippen LogP contribution < -0.4 is 10.6 Å². The van der Waals surface area contributed by atoms with Crippen LogP contribution in [0.2, 0.25) is 5.15 Å². The molecular weight excluding hydrogens is 365 g/mol. The van der Waals surface area contributed by atoms with Crippen molar-refractivity contribution in [1.29, 1.82) is 0 Å². The second kappa shape index (κ2) is 8.48. The second-order valence-electron chi connectivity index (χ2n) is 7.03. The number of ether oxygens (including phenoxy) is 1. The normalized spacial score (nSPS) is 20.4. The minimum Gasteiger partial charge on any atom is -0.444 e. The van der Waals surface area contributed by atoms with Gasteiger partial charge in [0.1, 0.15) is 11.8 Å². The average molecular weight is 388 g/mol. The van der Waals surface area contributed by atoms with Gasteiger partial charge in [0, 0.05) is 25.4 Å². The summed E-state index contributed by atoms with van der Waals surface area (Å²) in [5.74, 6) is 0. The fourth-order valence-corrected chi connectivity index (χ4v) is 2.69. The zero-order valence-corrected chi connectivity index (χ0v) is 15.7. The van der Waals surface area contributed by atoms with E-state index in [1.165, 1.54) is 17.3 Å². The Morgan fingerprint density at radius 3 is 2.69 bits per heavy atom.